The molecule has 0 aromatic carbocycles. The fourth-order valence-corrected chi connectivity index (χ4v) is 1.77. The van der Waals surface area contributed by atoms with Gasteiger partial charge in [-0.15, -0.1) is 5.10 Å². The fourth-order valence-electron chi connectivity index (χ4n) is 1.08. The molecule has 1 aromatic heterocycles. The molecule has 0 spiro atoms. The Labute approximate surface area is 88.0 Å². The average molecular weight is 210 g/mol. The van der Waals surface area contributed by atoms with Gasteiger partial charge in [-0.2, -0.15) is 0 Å². The summed E-state index contributed by atoms with van der Waals surface area (Å²) in [5.41, 5.74) is 1.77. The maximum atomic E-state index is 11.7. The van der Waals surface area contributed by atoms with Crippen molar-refractivity contribution in [3.8, 4) is 0 Å². The lowest BCUT2D eigenvalue weighted by atomic mass is 10.1. The normalized spacial score (nSPS) is 10.1. The molecule has 0 atom stereocenters. The molecule has 0 unspecified atom stereocenters. The minimum absolute atomic E-state index is 0.101. The van der Waals surface area contributed by atoms with Crippen LogP contribution in [0.5, 0.6) is 0 Å². The van der Waals surface area contributed by atoms with Crippen molar-refractivity contribution >= 4 is 17.3 Å². The molecule has 0 fully saturated rings. The number of carbonyl (C=O) groups is 1. The molecule has 76 valence electrons. The van der Waals surface area contributed by atoms with Gasteiger partial charge in [0.05, 0.1) is 5.69 Å². The molecule has 0 aliphatic heterocycles. The van der Waals surface area contributed by atoms with Gasteiger partial charge >= 0.3 is 0 Å². The van der Waals surface area contributed by atoms with Crippen molar-refractivity contribution in [3.05, 3.63) is 22.7 Å². The van der Waals surface area contributed by atoms with Crippen molar-refractivity contribution < 1.29 is 4.79 Å². The topological polar surface area (TPSA) is 42.9 Å². The summed E-state index contributed by atoms with van der Waals surface area (Å²) >= 11 is 1.18. The minimum atomic E-state index is 0.101. The lowest BCUT2D eigenvalue weighted by molar-refractivity contribution is 0.0995. The Morgan fingerprint density at radius 3 is 2.79 bits per heavy atom. The minimum Gasteiger partial charge on any atom is -0.293 e. The van der Waals surface area contributed by atoms with Crippen LogP contribution >= 0.6 is 11.5 Å². The zero-order valence-corrected chi connectivity index (χ0v) is 9.36. The molecule has 0 N–H and O–H groups in total. The molecule has 0 radical (unpaired) electrons. The molecular weight excluding hydrogens is 196 g/mol. The summed E-state index contributed by atoms with van der Waals surface area (Å²) in [5, 5.41) is 3.91. The van der Waals surface area contributed by atoms with E-state index >= 15 is 0 Å². The van der Waals surface area contributed by atoms with Crippen molar-refractivity contribution in [2.45, 2.75) is 33.1 Å². The molecule has 0 amide bonds. The van der Waals surface area contributed by atoms with Crippen LogP contribution in [-0.4, -0.2) is 15.4 Å². The number of hydrogen-bond donors (Lipinski definition) is 0. The summed E-state index contributed by atoms with van der Waals surface area (Å²) in [4.78, 5) is 12.4. The highest BCUT2D eigenvalue weighted by atomic mass is 32.1. The quantitative estimate of drug-likeness (QED) is 0.554. The fraction of sp³-hybridized carbons (Fsp3) is 0.500. The van der Waals surface area contributed by atoms with Gasteiger partial charge in [0, 0.05) is 6.42 Å². The first-order chi connectivity index (χ1) is 6.69. The van der Waals surface area contributed by atoms with E-state index in [1.54, 1.807) is 0 Å². The Kier molecular flexibility index (Phi) is 3.95. The van der Waals surface area contributed by atoms with Gasteiger partial charge in [0.1, 0.15) is 4.88 Å². The first-order valence-electron chi connectivity index (χ1n) is 4.70. The summed E-state index contributed by atoms with van der Waals surface area (Å²) in [6, 6.07) is 0. The lowest BCUT2D eigenvalue weighted by Gasteiger charge is -2.00. The van der Waals surface area contributed by atoms with E-state index in [2.05, 4.69) is 16.2 Å². The SMILES string of the molecule is C=C(CC)CC(=O)c1snnc1CC. The number of rotatable bonds is 5. The van der Waals surface area contributed by atoms with Crippen molar-refractivity contribution in [1.29, 1.82) is 0 Å². The molecule has 1 heterocycles. The van der Waals surface area contributed by atoms with Gasteiger partial charge in [-0.1, -0.05) is 30.5 Å². The van der Waals surface area contributed by atoms with Gasteiger partial charge in [0.15, 0.2) is 5.78 Å². The summed E-state index contributed by atoms with van der Waals surface area (Å²) in [6.07, 6.45) is 2.03. The van der Waals surface area contributed by atoms with Gasteiger partial charge in [0.2, 0.25) is 0 Å². The molecule has 14 heavy (non-hydrogen) atoms. The third kappa shape index (κ3) is 2.48. The molecule has 0 aliphatic carbocycles. The second-order valence-corrected chi connectivity index (χ2v) is 3.86. The first-order valence-corrected chi connectivity index (χ1v) is 5.47. The van der Waals surface area contributed by atoms with E-state index < -0.39 is 0 Å². The summed E-state index contributed by atoms with van der Waals surface area (Å²) in [6.45, 7) is 7.80. The number of nitrogens with zero attached hydrogens (tertiary/aromatic N) is 2. The van der Waals surface area contributed by atoms with Crippen LogP contribution in [-0.2, 0) is 6.42 Å². The molecule has 4 heteroatoms. The maximum absolute atomic E-state index is 11.7. The first kappa shape index (κ1) is 11.0. The zero-order chi connectivity index (χ0) is 10.6. The van der Waals surface area contributed by atoms with Crippen molar-refractivity contribution in [2.75, 3.05) is 0 Å². The van der Waals surface area contributed by atoms with Gasteiger partial charge in [-0.3, -0.25) is 4.79 Å². The van der Waals surface area contributed by atoms with Gasteiger partial charge in [-0.25, -0.2) is 0 Å². The van der Waals surface area contributed by atoms with Crippen LogP contribution in [0.4, 0.5) is 0 Å². The Hall–Kier alpha value is -1.03. The van der Waals surface area contributed by atoms with Crippen molar-refractivity contribution in [1.82, 2.24) is 9.59 Å². The molecule has 0 bridgehead atoms. The molecular formula is C10H14N2OS. The van der Waals surface area contributed by atoms with Crippen molar-refractivity contribution in [3.63, 3.8) is 0 Å². The number of Topliss-reactive ketones (excluding diaryl/α,β-unsaturated/α-hetero) is 1. The highest BCUT2D eigenvalue weighted by molar-refractivity contribution is 7.08. The van der Waals surface area contributed by atoms with E-state index in [9.17, 15) is 4.79 Å². The number of ketones is 1. The molecule has 3 nitrogen and oxygen atoms in total. The van der Waals surface area contributed by atoms with E-state index in [0.29, 0.717) is 11.3 Å². The third-order valence-electron chi connectivity index (χ3n) is 2.05. The Morgan fingerprint density at radius 1 is 1.50 bits per heavy atom. The number of carbonyl (C=O) groups excluding carboxylic acids is 1. The van der Waals surface area contributed by atoms with Crippen LogP contribution in [0.2, 0.25) is 0 Å². The van der Waals surface area contributed by atoms with E-state index in [1.165, 1.54) is 11.5 Å². The standard InChI is InChI=1S/C10H14N2OS/c1-4-7(3)6-9(13)10-8(5-2)11-12-14-10/h3-6H2,1-2H3. The number of allylic oxidation sites excluding steroid dienone is 1. The highest BCUT2D eigenvalue weighted by Crippen LogP contribution is 2.16. The van der Waals surface area contributed by atoms with Crippen LogP contribution in [0, 0.1) is 0 Å². The van der Waals surface area contributed by atoms with Crippen LogP contribution < -0.4 is 0 Å². The Morgan fingerprint density at radius 2 is 2.21 bits per heavy atom. The van der Waals surface area contributed by atoms with E-state index in [1.807, 2.05) is 13.8 Å². The van der Waals surface area contributed by atoms with Crippen LogP contribution in [0.1, 0.15) is 42.1 Å². The van der Waals surface area contributed by atoms with Crippen LogP contribution in [0.15, 0.2) is 12.2 Å². The summed E-state index contributed by atoms with van der Waals surface area (Å²) in [7, 11) is 0. The van der Waals surface area contributed by atoms with Gasteiger partial charge in [-0.05, 0) is 24.4 Å². The molecule has 0 aliphatic rings. The van der Waals surface area contributed by atoms with Crippen LogP contribution in [0.25, 0.3) is 0 Å². The van der Waals surface area contributed by atoms with Gasteiger partial charge in [0.25, 0.3) is 0 Å². The molecule has 1 aromatic rings. The average Bonchev–Trinajstić information content (AvgIpc) is 2.65. The van der Waals surface area contributed by atoms with Gasteiger partial charge < -0.3 is 0 Å². The lowest BCUT2D eigenvalue weighted by Crippen LogP contribution is -2.01. The highest BCUT2D eigenvalue weighted by Gasteiger charge is 2.14. The third-order valence-corrected chi connectivity index (χ3v) is 2.86. The molecule has 0 saturated heterocycles. The second kappa shape index (κ2) is 5.00. The predicted octanol–water partition coefficient (Wildman–Crippen LogP) is 2.64. The number of aromatic nitrogens is 2. The molecule has 1 rings (SSSR count). The second-order valence-electron chi connectivity index (χ2n) is 3.11. The van der Waals surface area contributed by atoms with Crippen LogP contribution in [0.3, 0.4) is 0 Å². The number of hydrogen-bond acceptors (Lipinski definition) is 4. The Bertz CT molecular complexity index is 344. The number of aryl methyl sites for hydroxylation is 1. The van der Waals surface area contributed by atoms with E-state index in [0.717, 1.165) is 24.1 Å². The van der Waals surface area contributed by atoms with E-state index in [-0.39, 0.29) is 5.78 Å². The smallest absolute Gasteiger partial charge is 0.180 e. The zero-order valence-electron chi connectivity index (χ0n) is 8.54. The molecule has 0 saturated carbocycles. The largest absolute Gasteiger partial charge is 0.293 e. The van der Waals surface area contributed by atoms with E-state index in [4.69, 9.17) is 0 Å². The monoisotopic (exact) mass is 210 g/mol. The summed E-state index contributed by atoms with van der Waals surface area (Å²) in [5.74, 6) is 0.101. The summed E-state index contributed by atoms with van der Waals surface area (Å²) < 4.78 is 3.79. The Balaban J connectivity index is 2.74. The predicted molar refractivity (Wildman–Crippen MR) is 57.7 cm³/mol. The maximum Gasteiger partial charge on any atom is 0.180 e. The van der Waals surface area contributed by atoms with Crippen molar-refractivity contribution in [2.24, 2.45) is 0 Å².